The summed E-state index contributed by atoms with van der Waals surface area (Å²) in [4.78, 5) is 18.6. The lowest BCUT2D eigenvalue weighted by Gasteiger charge is -2.27. The number of fused-ring (bicyclic) bond motifs is 1. The van der Waals surface area contributed by atoms with Crippen molar-refractivity contribution in [3.8, 4) is 0 Å². The largest absolute Gasteiger partial charge is 0.334 e. The van der Waals surface area contributed by atoms with E-state index in [9.17, 15) is 4.79 Å². The third-order valence-corrected chi connectivity index (χ3v) is 5.16. The van der Waals surface area contributed by atoms with Crippen LogP contribution in [0.5, 0.6) is 0 Å². The quantitative estimate of drug-likeness (QED) is 0.697. The van der Waals surface area contributed by atoms with Crippen LogP contribution >= 0.6 is 11.8 Å². The van der Waals surface area contributed by atoms with Crippen LogP contribution in [0.1, 0.15) is 22.8 Å². The number of aromatic nitrogens is 5. The molecule has 0 unspecified atom stereocenters. The Morgan fingerprint density at radius 1 is 1.27 bits per heavy atom. The van der Waals surface area contributed by atoms with E-state index < -0.39 is 0 Å². The highest BCUT2D eigenvalue weighted by Crippen LogP contribution is 2.18. The number of aromatic amines is 1. The molecule has 1 aliphatic rings. The molecule has 1 amide bonds. The van der Waals surface area contributed by atoms with Crippen LogP contribution in [-0.2, 0) is 24.3 Å². The molecule has 134 valence electrons. The van der Waals surface area contributed by atoms with E-state index in [2.05, 4.69) is 38.5 Å². The topological polar surface area (TPSA) is 79.7 Å². The molecule has 1 aliphatic heterocycles. The van der Waals surface area contributed by atoms with Gasteiger partial charge >= 0.3 is 0 Å². The van der Waals surface area contributed by atoms with Crippen LogP contribution in [0.4, 0.5) is 0 Å². The van der Waals surface area contributed by atoms with Gasteiger partial charge in [-0.15, -0.1) is 5.10 Å². The molecule has 26 heavy (non-hydrogen) atoms. The third-order valence-electron chi connectivity index (χ3n) is 4.33. The van der Waals surface area contributed by atoms with E-state index in [1.165, 1.54) is 17.3 Å². The Morgan fingerprint density at radius 3 is 2.88 bits per heavy atom. The predicted molar refractivity (Wildman–Crippen MR) is 98.7 cm³/mol. The minimum atomic E-state index is 0.106. The molecule has 8 heteroatoms. The van der Waals surface area contributed by atoms with Crippen LogP contribution in [0, 0.1) is 6.92 Å². The van der Waals surface area contributed by atoms with E-state index in [-0.39, 0.29) is 5.91 Å². The average molecular weight is 368 g/mol. The van der Waals surface area contributed by atoms with Crippen LogP contribution in [0.3, 0.4) is 0 Å². The van der Waals surface area contributed by atoms with Crippen molar-refractivity contribution in [2.45, 2.75) is 31.6 Å². The summed E-state index contributed by atoms with van der Waals surface area (Å²) in [6, 6.07) is 12.4. The number of nitrogens with one attached hydrogen (secondary N) is 1. The van der Waals surface area contributed by atoms with Gasteiger partial charge in [0.2, 0.25) is 11.1 Å². The van der Waals surface area contributed by atoms with Gasteiger partial charge in [0.15, 0.2) is 0 Å². The number of benzene rings is 1. The number of hydrogen-bond donors (Lipinski definition) is 1. The smallest absolute Gasteiger partial charge is 0.233 e. The van der Waals surface area contributed by atoms with Gasteiger partial charge in [0, 0.05) is 13.0 Å². The van der Waals surface area contributed by atoms with Crippen molar-refractivity contribution in [3.63, 3.8) is 0 Å². The second kappa shape index (κ2) is 7.33. The Morgan fingerprint density at radius 2 is 2.12 bits per heavy atom. The van der Waals surface area contributed by atoms with Crippen molar-refractivity contribution in [2.75, 3.05) is 12.3 Å². The van der Waals surface area contributed by atoms with Gasteiger partial charge in [-0.25, -0.2) is 4.98 Å². The number of amides is 1. The highest BCUT2D eigenvalue weighted by Gasteiger charge is 2.22. The SMILES string of the molecule is Cc1nc(SCC(=O)N2CCn3nc(Cc4ccccc4)cc3C2)n[nH]1. The molecule has 4 rings (SSSR count). The normalized spacial score (nSPS) is 13.7. The number of carbonyl (C=O) groups excluding carboxylic acids is 1. The van der Waals surface area contributed by atoms with Gasteiger partial charge in [0.1, 0.15) is 5.82 Å². The molecule has 0 saturated heterocycles. The number of rotatable bonds is 5. The van der Waals surface area contributed by atoms with Crippen molar-refractivity contribution < 1.29 is 4.79 Å². The van der Waals surface area contributed by atoms with E-state index in [1.807, 2.05) is 34.7 Å². The first-order valence-electron chi connectivity index (χ1n) is 8.56. The molecule has 7 nitrogen and oxygen atoms in total. The molecular formula is C18H20N6OS. The van der Waals surface area contributed by atoms with Crippen LogP contribution in [0.25, 0.3) is 0 Å². The molecule has 3 aromatic rings. The first kappa shape index (κ1) is 16.8. The Labute approximate surface area is 155 Å². The summed E-state index contributed by atoms with van der Waals surface area (Å²) in [5.41, 5.74) is 3.38. The molecule has 2 aromatic heterocycles. The maximum atomic E-state index is 12.5. The zero-order valence-electron chi connectivity index (χ0n) is 14.6. The van der Waals surface area contributed by atoms with Crippen molar-refractivity contribution in [1.82, 2.24) is 29.9 Å². The third kappa shape index (κ3) is 3.80. The van der Waals surface area contributed by atoms with Crippen molar-refractivity contribution in [2.24, 2.45) is 0 Å². The first-order chi connectivity index (χ1) is 12.7. The van der Waals surface area contributed by atoms with Gasteiger partial charge in [-0.1, -0.05) is 42.1 Å². The fourth-order valence-corrected chi connectivity index (χ4v) is 3.78. The molecule has 0 atom stereocenters. The molecule has 0 fully saturated rings. The first-order valence-corrected chi connectivity index (χ1v) is 9.55. The summed E-state index contributed by atoms with van der Waals surface area (Å²) in [6.45, 7) is 3.87. The average Bonchev–Trinajstić information content (AvgIpc) is 3.25. The molecule has 1 aromatic carbocycles. The summed E-state index contributed by atoms with van der Waals surface area (Å²) in [7, 11) is 0. The minimum absolute atomic E-state index is 0.106. The summed E-state index contributed by atoms with van der Waals surface area (Å²) in [6.07, 6.45) is 0.814. The highest BCUT2D eigenvalue weighted by atomic mass is 32.2. The maximum Gasteiger partial charge on any atom is 0.233 e. The fraction of sp³-hybridized carbons (Fsp3) is 0.333. The van der Waals surface area contributed by atoms with Crippen LogP contribution in [0.15, 0.2) is 41.6 Å². The van der Waals surface area contributed by atoms with Crippen LogP contribution < -0.4 is 0 Å². The molecule has 3 heterocycles. The molecule has 0 radical (unpaired) electrons. The monoisotopic (exact) mass is 368 g/mol. The van der Waals surface area contributed by atoms with Crippen molar-refractivity contribution in [3.05, 3.63) is 59.2 Å². The standard InChI is InChI=1S/C18H20N6OS/c1-13-19-18(21-20-13)26-12-17(25)23-7-8-24-16(11-23)10-15(22-24)9-14-5-3-2-4-6-14/h2-6,10H,7-9,11-12H2,1H3,(H,19,20,21). The van der Waals surface area contributed by atoms with Gasteiger partial charge in [0.25, 0.3) is 0 Å². The van der Waals surface area contributed by atoms with E-state index in [0.29, 0.717) is 24.0 Å². The number of H-pyrrole nitrogens is 1. The molecule has 0 saturated carbocycles. The van der Waals surface area contributed by atoms with E-state index in [0.717, 1.165) is 30.2 Å². The fourth-order valence-electron chi connectivity index (χ4n) is 3.03. The molecular weight excluding hydrogens is 348 g/mol. The van der Waals surface area contributed by atoms with Crippen molar-refractivity contribution >= 4 is 17.7 Å². The lowest BCUT2D eigenvalue weighted by Crippen LogP contribution is -2.39. The van der Waals surface area contributed by atoms with Crippen LogP contribution in [0.2, 0.25) is 0 Å². The Balaban J connectivity index is 1.37. The molecule has 1 N–H and O–H groups in total. The molecule has 0 aliphatic carbocycles. The number of thioether (sulfide) groups is 1. The molecule has 0 spiro atoms. The van der Waals surface area contributed by atoms with E-state index in [4.69, 9.17) is 0 Å². The lowest BCUT2D eigenvalue weighted by atomic mass is 10.1. The lowest BCUT2D eigenvalue weighted by molar-refractivity contribution is -0.129. The summed E-state index contributed by atoms with van der Waals surface area (Å²) in [5, 5.41) is 12.1. The number of hydrogen-bond acceptors (Lipinski definition) is 5. The number of carbonyl (C=O) groups is 1. The van der Waals surface area contributed by atoms with Gasteiger partial charge in [-0.2, -0.15) is 5.10 Å². The summed E-state index contributed by atoms with van der Waals surface area (Å²) >= 11 is 1.36. The summed E-state index contributed by atoms with van der Waals surface area (Å²) in [5.74, 6) is 1.21. The highest BCUT2D eigenvalue weighted by molar-refractivity contribution is 7.99. The van der Waals surface area contributed by atoms with Crippen molar-refractivity contribution in [1.29, 1.82) is 0 Å². The second-order valence-corrected chi connectivity index (χ2v) is 7.26. The summed E-state index contributed by atoms with van der Waals surface area (Å²) < 4.78 is 2.02. The second-order valence-electron chi connectivity index (χ2n) is 6.32. The minimum Gasteiger partial charge on any atom is -0.334 e. The van der Waals surface area contributed by atoms with E-state index >= 15 is 0 Å². The Kier molecular flexibility index (Phi) is 4.75. The number of aryl methyl sites for hydroxylation is 1. The van der Waals surface area contributed by atoms with Crippen LogP contribution in [-0.4, -0.2) is 48.1 Å². The van der Waals surface area contributed by atoms with E-state index in [1.54, 1.807) is 0 Å². The maximum absolute atomic E-state index is 12.5. The zero-order valence-corrected chi connectivity index (χ0v) is 15.4. The molecule has 0 bridgehead atoms. The van der Waals surface area contributed by atoms with Gasteiger partial charge in [-0.05, 0) is 18.6 Å². The van der Waals surface area contributed by atoms with Gasteiger partial charge < -0.3 is 4.90 Å². The zero-order chi connectivity index (χ0) is 17.9. The van der Waals surface area contributed by atoms with Gasteiger partial charge in [-0.3, -0.25) is 14.6 Å². The Hall–Kier alpha value is -2.61. The Bertz CT molecular complexity index is 904. The predicted octanol–water partition coefficient (Wildman–Crippen LogP) is 2.03. The van der Waals surface area contributed by atoms with Gasteiger partial charge in [0.05, 0.1) is 30.2 Å². The number of nitrogens with zero attached hydrogens (tertiary/aromatic N) is 5.